The Balaban J connectivity index is 1.77. The number of carbonyl (C=O) groups is 2. The van der Waals surface area contributed by atoms with Crippen molar-refractivity contribution in [1.29, 1.82) is 0 Å². The molecule has 2 aromatic rings. The first-order valence-electron chi connectivity index (χ1n) is 9.30. The predicted molar refractivity (Wildman–Crippen MR) is 106 cm³/mol. The zero-order valence-corrected chi connectivity index (χ0v) is 17.0. The number of hydrogen-bond donors (Lipinski definition) is 2. The summed E-state index contributed by atoms with van der Waals surface area (Å²) in [4.78, 5) is 23.6. The molecule has 1 heterocycles. The summed E-state index contributed by atoms with van der Waals surface area (Å²) in [7, 11) is -3.66. The smallest absolute Gasteiger partial charge is 0.255 e. The van der Waals surface area contributed by atoms with E-state index < -0.39 is 44.7 Å². The van der Waals surface area contributed by atoms with Gasteiger partial charge in [0.15, 0.2) is 0 Å². The number of nitrogens with one attached hydrogen (secondary N) is 1. The average molecular weight is 437 g/mol. The summed E-state index contributed by atoms with van der Waals surface area (Å²) in [5, 5.41) is 2.23. The molecule has 0 spiro atoms. The number of amides is 2. The van der Waals surface area contributed by atoms with Crippen LogP contribution < -0.4 is 11.1 Å². The van der Waals surface area contributed by atoms with Crippen molar-refractivity contribution in [1.82, 2.24) is 4.31 Å². The van der Waals surface area contributed by atoms with Crippen LogP contribution in [0.1, 0.15) is 40.5 Å². The highest BCUT2D eigenvalue weighted by Gasteiger charge is 2.28. The van der Waals surface area contributed by atoms with E-state index in [1.807, 2.05) is 0 Å². The summed E-state index contributed by atoms with van der Waals surface area (Å²) in [5.41, 5.74) is 4.10. The van der Waals surface area contributed by atoms with Crippen molar-refractivity contribution in [2.24, 2.45) is 11.7 Å². The van der Waals surface area contributed by atoms with Crippen molar-refractivity contribution < 1.29 is 26.8 Å². The van der Waals surface area contributed by atoms with Crippen LogP contribution in [0.25, 0.3) is 0 Å². The Labute approximate surface area is 172 Å². The maximum Gasteiger partial charge on any atom is 0.255 e. The standard InChI is InChI=1S/C20H21F2N3O4S/c1-12-6-8-25(9-7-12)30(28,29)14-4-2-13(3-5-14)20(27)24-18-10-15(19(23)26)16(21)11-17(18)22/h2-5,10-12H,6-9H2,1H3,(H2,23,26)(H,24,27). The average Bonchev–Trinajstić information content (AvgIpc) is 2.70. The molecule has 1 fully saturated rings. The molecule has 30 heavy (non-hydrogen) atoms. The lowest BCUT2D eigenvalue weighted by atomic mass is 10.0. The van der Waals surface area contributed by atoms with Gasteiger partial charge in [0.25, 0.3) is 11.8 Å². The second-order valence-corrected chi connectivity index (χ2v) is 9.18. The van der Waals surface area contributed by atoms with Crippen LogP contribution in [0.5, 0.6) is 0 Å². The van der Waals surface area contributed by atoms with E-state index in [-0.39, 0.29) is 10.5 Å². The van der Waals surface area contributed by atoms with Crippen molar-refractivity contribution in [2.75, 3.05) is 18.4 Å². The van der Waals surface area contributed by atoms with Gasteiger partial charge in [-0.15, -0.1) is 0 Å². The quantitative estimate of drug-likeness (QED) is 0.749. The van der Waals surface area contributed by atoms with Crippen LogP contribution >= 0.6 is 0 Å². The minimum absolute atomic E-state index is 0.0533. The number of piperidine rings is 1. The Morgan fingerprint density at radius 2 is 1.67 bits per heavy atom. The molecule has 0 radical (unpaired) electrons. The third-order valence-electron chi connectivity index (χ3n) is 5.07. The lowest BCUT2D eigenvalue weighted by Gasteiger charge is -2.29. The molecule has 160 valence electrons. The zero-order valence-electron chi connectivity index (χ0n) is 16.2. The van der Waals surface area contributed by atoms with Crippen LogP contribution in [-0.2, 0) is 10.0 Å². The van der Waals surface area contributed by atoms with Gasteiger partial charge in [-0.05, 0) is 49.1 Å². The molecule has 0 unspecified atom stereocenters. The van der Waals surface area contributed by atoms with Crippen LogP contribution in [0.15, 0.2) is 41.3 Å². The fraction of sp³-hybridized carbons (Fsp3) is 0.300. The van der Waals surface area contributed by atoms with Gasteiger partial charge in [-0.25, -0.2) is 17.2 Å². The van der Waals surface area contributed by atoms with E-state index in [9.17, 15) is 26.8 Å². The number of halogens is 2. The third-order valence-corrected chi connectivity index (χ3v) is 6.98. The van der Waals surface area contributed by atoms with Gasteiger partial charge in [0.05, 0.1) is 16.1 Å². The molecule has 0 bridgehead atoms. The molecule has 1 saturated heterocycles. The minimum Gasteiger partial charge on any atom is -0.366 e. The molecule has 1 aliphatic rings. The van der Waals surface area contributed by atoms with Crippen molar-refractivity contribution in [3.05, 3.63) is 59.2 Å². The maximum absolute atomic E-state index is 13.9. The molecule has 3 N–H and O–H groups in total. The van der Waals surface area contributed by atoms with Crippen LogP contribution in [0, 0.1) is 17.6 Å². The van der Waals surface area contributed by atoms with Gasteiger partial charge < -0.3 is 11.1 Å². The lowest BCUT2D eigenvalue weighted by Crippen LogP contribution is -2.37. The fourth-order valence-electron chi connectivity index (χ4n) is 3.18. The molecular weight excluding hydrogens is 416 g/mol. The third kappa shape index (κ3) is 4.49. The molecule has 10 heteroatoms. The fourth-order valence-corrected chi connectivity index (χ4v) is 4.65. The normalized spacial score (nSPS) is 15.7. The molecule has 2 amide bonds. The molecule has 1 aliphatic heterocycles. The van der Waals surface area contributed by atoms with E-state index in [2.05, 4.69) is 12.2 Å². The minimum atomic E-state index is -3.66. The maximum atomic E-state index is 13.9. The Kier molecular flexibility index (Phi) is 6.18. The number of nitrogens with two attached hydrogens (primary N) is 1. The summed E-state index contributed by atoms with van der Waals surface area (Å²) in [6, 6.07) is 6.46. The summed E-state index contributed by atoms with van der Waals surface area (Å²) < 4.78 is 54.4. The van der Waals surface area contributed by atoms with Gasteiger partial charge in [-0.1, -0.05) is 6.92 Å². The van der Waals surface area contributed by atoms with Crippen molar-refractivity contribution >= 4 is 27.5 Å². The first kappa shape index (κ1) is 21.8. The van der Waals surface area contributed by atoms with Crippen LogP contribution in [0.3, 0.4) is 0 Å². The Hall–Kier alpha value is -2.85. The van der Waals surface area contributed by atoms with Crippen molar-refractivity contribution in [3.63, 3.8) is 0 Å². The summed E-state index contributed by atoms with van der Waals surface area (Å²) >= 11 is 0. The number of carbonyl (C=O) groups excluding carboxylic acids is 2. The van der Waals surface area contributed by atoms with Crippen molar-refractivity contribution in [3.8, 4) is 0 Å². The van der Waals surface area contributed by atoms with Gasteiger partial charge >= 0.3 is 0 Å². The van der Waals surface area contributed by atoms with E-state index in [0.29, 0.717) is 25.1 Å². The zero-order chi connectivity index (χ0) is 22.1. The predicted octanol–water partition coefficient (Wildman–Crippen LogP) is 2.74. The summed E-state index contributed by atoms with van der Waals surface area (Å²) in [5.74, 6) is -3.61. The molecule has 2 aromatic carbocycles. The second-order valence-electron chi connectivity index (χ2n) is 7.24. The summed E-state index contributed by atoms with van der Waals surface area (Å²) in [6.07, 6.45) is 1.58. The van der Waals surface area contributed by atoms with E-state index in [4.69, 9.17) is 5.73 Å². The topological polar surface area (TPSA) is 110 Å². The van der Waals surface area contributed by atoms with E-state index >= 15 is 0 Å². The first-order valence-corrected chi connectivity index (χ1v) is 10.7. The number of anilines is 1. The Bertz CT molecular complexity index is 1080. The Morgan fingerprint density at radius 1 is 1.07 bits per heavy atom. The molecule has 0 aromatic heterocycles. The van der Waals surface area contributed by atoms with Gasteiger partial charge in [0.2, 0.25) is 10.0 Å². The highest BCUT2D eigenvalue weighted by atomic mass is 32.2. The van der Waals surface area contributed by atoms with Gasteiger partial charge in [0, 0.05) is 24.7 Å². The van der Waals surface area contributed by atoms with Crippen LogP contribution in [0.2, 0.25) is 0 Å². The molecular formula is C20H21F2N3O4S. The first-order chi connectivity index (χ1) is 14.1. The number of hydrogen-bond acceptors (Lipinski definition) is 4. The SMILES string of the molecule is CC1CCN(S(=O)(=O)c2ccc(C(=O)Nc3cc(C(N)=O)c(F)cc3F)cc2)CC1. The lowest BCUT2D eigenvalue weighted by molar-refractivity contribution is 0.0992. The van der Waals surface area contributed by atoms with E-state index in [1.54, 1.807) is 0 Å². The molecule has 0 aliphatic carbocycles. The highest BCUT2D eigenvalue weighted by Crippen LogP contribution is 2.24. The molecule has 3 rings (SSSR count). The largest absolute Gasteiger partial charge is 0.366 e. The van der Waals surface area contributed by atoms with E-state index in [0.717, 1.165) is 18.9 Å². The molecule has 0 atom stereocenters. The number of nitrogens with zero attached hydrogens (tertiary/aromatic N) is 1. The molecule has 0 saturated carbocycles. The highest BCUT2D eigenvalue weighted by molar-refractivity contribution is 7.89. The van der Waals surface area contributed by atoms with Gasteiger partial charge in [0.1, 0.15) is 11.6 Å². The molecule has 7 nitrogen and oxygen atoms in total. The number of sulfonamides is 1. The monoisotopic (exact) mass is 437 g/mol. The van der Waals surface area contributed by atoms with Crippen molar-refractivity contribution in [2.45, 2.75) is 24.7 Å². The Morgan fingerprint density at radius 3 is 2.23 bits per heavy atom. The van der Waals surface area contributed by atoms with Gasteiger partial charge in [-0.3, -0.25) is 9.59 Å². The van der Waals surface area contributed by atoms with Crippen LogP contribution in [0.4, 0.5) is 14.5 Å². The summed E-state index contributed by atoms with van der Waals surface area (Å²) in [6.45, 7) is 2.96. The second kappa shape index (κ2) is 8.49. The van der Waals surface area contributed by atoms with Gasteiger partial charge in [-0.2, -0.15) is 4.31 Å². The number of benzene rings is 2. The van der Waals surface area contributed by atoms with E-state index in [1.165, 1.54) is 28.6 Å². The number of rotatable bonds is 5. The van der Waals surface area contributed by atoms with Crippen LogP contribution in [-0.4, -0.2) is 37.6 Å². The number of primary amides is 1.